The van der Waals surface area contributed by atoms with Gasteiger partial charge in [0.1, 0.15) is 10.6 Å². The van der Waals surface area contributed by atoms with Crippen LogP contribution in [0, 0.1) is 25.7 Å². The fraction of sp³-hybridized carbons (Fsp3) is 0.789. The van der Waals surface area contributed by atoms with Crippen molar-refractivity contribution in [2.24, 2.45) is 11.8 Å². The van der Waals surface area contributed by atoms with Crippen LogP contribution in [0.25, 0.3) is 0 Å². The molecule has 3 rings (SSSR count). The highest BCUT2D eigenvalue weighted by atomic mass is 32.2. The van der Waals surface area contributed by atoms with E-state index in [9.17, 15) is 13.2 Å². The molecule has 0 bridgehead atoms. The van der Waals surface area contributed by atoms with E-state index in [0.717, 1.165) is 19.5 Å². The van der Waals surface area contributed by atoms with Crippen LogP contribution in [0.3, 0.4) is 0 Å². The highest BCUT2D eigenvalue weighted by molar-refractivity contribution is 7.89. The zero-order chi connectivity index (χ0) is 20.6. The fourth-order valence-electron chi connectivity index (χ4n) is 4.57. The van der Waals surface area contributed by atoms with E-state index in [1.54, 1.807) is 13.8 Å². The van der Waals surface area contributed by atoms with Crippen LogP contribution in [0.15, 0.2) is 9.42 Å². The van der Waals surface area contributed by atoms with Crippen LogP contribution in [-0.4, -0.2) is 78.9 Å². The Morgan fingerprint density at radius 1 is 1.11 bits per heavy atom. The second-order valence-corrected chi connectivity index (χ2v) is 10.3. The first-order valence-electron chi connectivity index (χ1n) is 10.1. The maximum Gasteiger partial charge on any atom is 0.248 e. The van der Waals surface area contributed by atoms with Crippen molar-refractivity contribution in [2.45, 2.75) is 52.0 Å². The predicted octanol–water partition coefficient (Wildman–Crippen LogP) is 1.49. The lowest BCUT2D eigenvalue weighted by molar-refractivity contribution is -0.139. The van der Waals surface area contributed by atoms with Crippen LogP contribution in [0.4, 0.5) is 0 Å². The molecule has 2 saturated heterocycles. The number of amides is 1. The van der Waals surface area contributed by atoms with Crippen molar-refractivity contribution in [1.82, 2.24) is 19.3 Å². The van der Waals surface area contributed by atoms with E-state index in [1.165, 1.54) is 4.31 Å². The van der Waals surface area contributed by atoms with Gasteiger partial charge in [-0.15, -0.1) is 0 Å². The van der Waals surface area contributed by atoms with E-state index < -0.39 is 10.0 Å². The highest BCUT2D eigenvalue weighted by Gasteiger charge is 2.36. The average Bonchev–Trinajstić information content (AvgIpc) is 2.98. The molecule has 9 heteroatoms. The Morgan fingerprint density at radius 2 is 1.68 bits per heavy atom. The summed E-state index contributed by atoms with van der Waals surface area (Å²) >= 11 is 0. The Labute approximate surface area is 167 Å². The molecule has 0 unspecified atom stereocenters. The molecule has 158 valence electrons. The maximum absolute atomic E-state index is 13.0. The van der Waals surface area contributed by atoms with Crippen LogP contribution in [0.1, 0.15) is 38.6 Å². The van der Waals surface area contributed by atoms with Crippen molar-refractivity contribution in [1.29, 1.82) is 0 Å². The van der Waals surface area contributed by atoms with E-state index in [0.29, 0.717) is 49.5 Å². The number of likely N-dealkylation sites (tertiary alicyclic amines) is 1. The molecule has 1 amide bonds. The van der Waals surface area contributed by atoms with Gasteiger partial charge in [0.25, 0.3) is 0 Å². The summed E-state index contributed by atoms with van der Waals surface area (Å²) < 4.78 is 32.4. The molecule has 0 N–H and O–H groups in total. The number of nitrogens with zero attached hydrogens (tertiary/aromatic N) is 4. The Bertz CT molecular complexity index is 784. The SMILES string of the molecule is Cc1noc(C)c1S(=O)(=O)N1CCN([C@@H](C)C(=O)N2C[C@H](C)C[C@H](C)C2)CC1. The van der Waals surface area contributed by atoms with E-state index in [1.807, 2.05) is 11.8 Å². The van der Waals surface area contributed by atoms with Crippen molar-refractivity contribution in [3.05, 3.63) is 11.5 Å². The van der Waals surface area contributed by atoms with Gasteiger partial charge in [-0.1, -0.05) is 19.0 Å². The van der Waals surface area contributed by atoms with Crippen molar-refractivity contribution < 1.29 is 17.7 Å². The summed E-state index contributed by atoms with van der Waals surface area (Å²) in [4.78, 5) is 17.2. The first-order valence-corrected chi connectivity index (χ1v) is 11.5. The molecule has 3 heterocycles. The fourth-order valence-corrected chi connectivity index (χ4v) is 6.28. The zero-order valence-electron chi connectivity index (χ0n) is 17.5. The topological polar surface area (TPSA) is 87.0 Å². The molecule has 2 aliphatic heterocycles. The zero-order valence-corrected chi connectivity index (χ0v) is 18.3. The summed E-state index contributed by atoms with van der Waals surface area (Å²) in [5.74, 6) is 1.52. The van der Waals surface area contributed by atoms with Crippen molar-refractivity contribution in [3.63, 3.8) is 0 Å². The molecule has 2 fully saturated rings. The van der Waals surface area contributed by atoms with Crippen LogP contribution >= 0.6 is 0 Å². The van der Waals surface area contributed by atoms with Gasteiger partial charge in [-0.05, 0) is 39.0 Å². The number of carbonyl (C=O) groups is 1. The number of aryl methyl sites for hydroxylation is 2. The summed E-state index contributed by atoms with van der Waals surface area (Å²) in [5, 5.41) is 3.77. The lowest BCUT2D eigenvalue weighted by Crippen LogP contribution is -2.56. The molecule has 0 radical (unpaired) electrons. The van der Waals surface area contributed by atoms with Crippen LogP contribution in [0.2, 0.25) is 0 Å². The van der Waals surface area contributed by atoms with E-state index >= 15 is 0 Å². The molecule has 0 spiro atoms. The normalized spacial score (nSPS) is 26.4. The smallest absolute Gasteiger partial charge is 0.248 e. The molecule has 1 aromatic rings. The lowest BCUT2D eigenvalue weighted by Gasteiger charge is -2.41. The van der Waals surface area contributed by atoms with Gasteiger partial charge in [0, 0.05) is 39.3 Å². The van der Waals surface area contributed by atoms with Crippen LogP contribution < -0.4 is 0 Å². The minimum absolute atomic E-state index is 0.153. The minimum Gasteiger partial charge on any atom is -0.360 e. The molecule has 2 aliphatic rings. The number of aromatic nitrogens is 1. The van der Waals surface area contributed by atoms with Gasteiger partial charge in [-0.2, -0.15) is 4.31 Å². The Kier molecular flexibility index (Phi) is 6.17. The molecule has 28 heavy (non-hydrogen) atoms. The number of sulfonamides is 1. The summed E-state index contributed by atoms with van der Waals surface area (Å²) in [7, 11) is -3.63. The third-order valence-corrected chi connectivity index (χ3v) is 8.07. The Morgan fingerprint density at radius 3 is 2.18 bits per heavy atom. The number of piperazine rings is 1. The lowest BCUT2D eigenvalue weighted by atomic mass is 9.91. The molecular formula is C19H32N4O4S. The van der Waals surface area contributed by atoms with Crippen molar-refractivity contribution in [3.8, 4) is 0 Å². The maximum atomic E-state index is 13.0. The van der Waals surface area contributed by atoms with Gasteiger partial charge in [-0.25, -0.2) is 8.42 Å². The predicted molar refractivity (Wildman–Crippen MR) is 105 cm³/mol. The Balaban J connectivity index is 1.62. The third kappa shape index (κ3) is 4.11. The van der Waals surface area contributed by atoms with Crippen LogP contribution in [-0.2, 0) is 14.8 Å². The molecule has 1 aromatic heterocycles. The summed E-state index contributed by atoms with van der Waals surface area (Å²) in [6, 6.07) is -0.235. The minimum atomic E-state index is -3.63. The Hall–Kier alpha value is -1.45. The van der Waals surface area contributed by atoms with Gasteiger partial charge < -0.3 is 9.42 Å². The number of hydrogen-bond donors (Lipinski definition) is 0. The monoisotopic (exact) mass is 412 g/mol. The highest BCUT2D eigenvalue weighted by Crippen LogP contribution is 2.25. The molecule has 3 atom stereocenters. The first-order chi connectivity index (χ1) is 13.1. The summed E-state index contributed by atoms with van der Waals surface area (Å²) in [5.41, 5.74) is 0.386. The standard InChI is InChI=1S/C19H32N4O4S/c1-13-10-14(2)12-22(11-13)19(24)16(4)21-6-8-23(9-7-21)28(25,26)18-15(3)20-27-17(18)5/h13-14,16H,6-12H2,1-5H3/t13-,14+,16-/m0/s1. The molecule has 0 aliphatic carbocycles. The molecule has 0 saturated carbocycles. The second-order valence-electron chi connectivity index (χ2n) is 8.46. The van der Waals surface area contributed by atoms with Gasteiger partial charge >= 0.3 is 0 Å². The van der Waals surface area contributed by atoms with Gasteiger partial charge in [0.05, 0.1) is 6.04 Å². The molecule has 8 nitrogen and oxygen atoms in total. The number of carbonyl (C=O) groups excluding carboxylic acids is 1. The first kappa shape index (κ1) is 21.3. The number of hydrogen-bond acceptors (Lipinski definition) is 6. The van der Waals surface area contributed by atoms with Gasteiger partial charge in [-0.3, -0.25) is 9.69 Å². The average molecular weight is 413 g/mol. The molecular weight excluding hydrogens is 380 g/mol. The summed E-state index contributed by atoms with van der Waals surface area (Å²) in [6.07, 6.45) is 1.16. The quantitative estimate of drug-likeness (QED) is 0.745. The van der Waals surface area contributed by atoms with Crippen LogP contribution in [0.5, 0.6) is 0 Å². The van der Waals surface area contributed by atoms with Crippen molar-refractivity contribution in [2.75, 3.05) is 39.3 Å². The van der Waals surface area contributed by atoms with E-state index in [4.69, 9.17) is 4.52 Å². The van der Waals surface area contributed by atoms with E-state index in [2.05, 4.69) is 23.9 Å². The largest absolute Gasteiger partial charge is 0.360 e. The second kappa shape index (κ2) is 8.12. The number of piperidine rings is 1. The van der Waals surface area contributed by atoms with Gasteiger partial charge in [0.2, 0.25) is 15.9 Å². The number of rotatable bonds is 4. The van der Waals surface area contributed by atoms with Crippen molar-refractivity contribution >= 4 is 15.9 Å². The molecule has 0 aromatic carbocycles. The third-order valence-electron chi connectivity index (χ3n) is 5.92. The van der Waals surface area contributed by atoms with Gasteiger partial charge in [0.15, 0.2) is 5.76 Å². The summed E-state index contributed by atoms with van der Waals surface area (Å²) in [6.45, 7) is 13.0. The van der Waals surface area contributed by atoms with E-state index in [-0.39, 0.29) is 16.8 Å².